The Morgan fingerprint density at radius 2 is 1.75 bits per heavy atom. The van der Waals surface area contributed by atoms with Crippen LogP contribution in [0.15, 0.2) is 42.5 Å². The number of aliphatic hydroxyl groups excluding tert-OH is 1. The van der Waals surface area contributed by atoms with Crippen molar-refractivity contribution in [2.45, 2.75) is 57.9 Å². The minimum atomic E-state index is -0.614. The topological polar surface area (TPSA) is 49.3 Å². The molecule has 0 radical (unpaired) electrons. The molecule has 0 heterocycles. The van der Waals surface area contributed by atoms with E-state index in [1.54, 1.807) is 6.07 Å². The summed E-state index contributed by atoms with van der Waals surface area (Å²) in [5, 5.41) is 15.1. The zero-order valence-corrected chi connectivity index (χ0v) is 21.5. The summed E-state index contributed by atoms with van der Waals surface area (Å²) in [5.41, 5.74) is 1.54. The maximum Gasteiger partial charge on any atom is 0.126 e. The van der Waals surface area contributed by atoms with Crippen molar-refractivity contribution in [3.05, 3.63) is 68.7 Å². The molecule has 2 aromatic rings. The fourth-order valence-corrected chi connectivity index (χ4v) is 6.01. The SMILES string of the molecule is CC.CNC(C)C1C(c2ccc(Cl)cc2)C(c2ccc(Cl)cc2Cl)CCC1(C=O)CCO. The van der Waals surface area contributed by atoms with Crippen molar-refractivity contribution < 1.29 is 9.90 Å². The van der Waals surface area contributed by atoms with Crippen molar-refractivity contribution in [3.63, 3.8) is 0 Å². The van der Waals surface area contributed by atoms with Gasteiger partial charge in [0.2, 0.25) is 0 Å². The molecular weight excluding hydrogens is 465 g/mol. The van der Waals surface area contributed by atoms with Gasteiger partial charge in [0.25, 0.3) is 0 Å². The molecular formula is C26H34Cl3NO2. The minimum Gasteiger partial charge on any atom is -0.396 e. The second kappa shape index (κ2) is 12.4. The molecule has 3 nitrogen and oxygen atoms in total. The maximum atomic E-state index is 12.5. The summed E-state index contributed by atoms with van der Waals surface area (Å²) in [5.74, 6) is 0.108. The lowest BCUT2D eigenvalue weighted by Crippen LogP contribution is -2.51. The Kier molecular flexibility index (Phi) is 10.5. The largest absolute Gasteiger partial charge is 0.396 e. The first-order chi connectivity index (χ1) is 15.4. The van der Waals surface area contributed by atoms with Crippen molar-refractivity contribution in [3.8, 4) is 0 Å². The number of halogens is 3. The van der Waals surface area contributed by atoms with Gasteiger partial charge in [-0.25, -0.2) is 0 Å². The molecule has 2 N–H and O–H groups in total. The maximum absolute atomic E-state index is 12.5. The van der Waals surface area contributed by atoms with Gasteiger partial charge in [-0.05, 0) is 86.4 Å². The number of hydrogen-bond donors (Lipinski definition) is 2. The van der Waals surface area contributed by atoms with E-state index in [9.17, 15) is 9.90 Å². The van der Waals surface area contributed by atoms with Crippen molar-refractivity contribution in [1.29, 1.82) is 0 Å². The zero-order valence-electron chi connectivity index (χ0n) is 19.2. The third-order valence-electron chi connectivity index (χ3n) is 6.83. The predicted octanol–water partition coefficient (Wildman–Crippen LogP) is 7.13. The molecule has 0 amide bonds. The van der Waals surface area contributed by atoms with Gasteiger partial charge in [0, 0.05) is 33.1 Å². The Hall–Kier alpha value is -1.10. The molecule has 3 rings (SSSR count). The number of nitrogens with one attached hydrogen (secondary N) is 1. The van der Waals surface area contributed by atoms with Gasteiger partial charge in [0.05, 0.1) is 0 Å². The third-order valence-corrected chi connectivity index (χ3v) is 7.64. The normalized spacial score (nSPS) is 26.1. The highest BCUT2D eigenvalue weighted by molar-refractivity contribution is 6.35. The van der Waals surface area contributed by atoms with E-state index >= 15 is 0 Å². The average Bonchev–Trinajstić information content (AvgIpc) is 2.80. The molecule has 1 fully saturated rings. The van der Waals surface area contributed by atoms with Gasteiger partial charge in [-0.1, -0.05) is 66.8 Å². The molecule has 1 saturated carbocycles. The number of rotatable bonds is 7. The summed E-state index contributed by atoms with van der Waals surface area (Å²) < 4.78 is 0. The van der Waals surface area contributed by atoms with Crippen LogP contribution in [-0.2, 0) is 4.79 Å². The molecule has 1 aliphatic carbocycles. The Morgan fingerprint density at radius 3 is 2.28 bits per heavy atom. The van der Waals surface area contributed by atoms with E-state index in [2.05, 4.69) is 12.2 Å². The van der Waals surface area contributed by atoms with Crippen LogP contribution in [0.25, 0.3) is 0 Å². The number of aliphatic hydroxyl groups is 1. The molecule has 5 atom stereocenters. The number of benzene rings is 2. The summed E-state index contributed by atoms with van der Waals surface area (Å²) in [6, 6.07) is 13.6. The van der Waals surface area contributed by atoms with Crippen LogP contribution in [0.5, 0.6) is 0 Å². The van der Waals surface area contributed by atoms with Crippen LogP contribution in [0.1, 0.15) is 63.0 Å². The smallest absolute Gasteiger partial charge is 0.126 e. The van der Waals surface area contributed by atoms with Crippen molar-refractivity contribution in [2.75, 3.05) is 13.7 Å². The van der Waals surface area contributed by atoms with E-state index in [1.165, 1.54) is 0 Å². The summed E-state index contributed by atoms with van der Waals surface area (Å²) in [4.78, 5) is 12.5. The van der Waals surface area contributed by atoms with Crippen LogP contribution in [0.3, 0.4) is 0 Å². The summed E-state index contributed by atoms with van der Waals surface area (Å²) in [6.07, 6.45) is 3.00. The molecule has 2 aromatic carbocycles. The highest BCUT2D eigenvalue weighted by Gasteiger charge is 2.51. The highest BCUT2D eigenvalue weighted by atomic mass is 35.5. The lowest BCUT2D eigenvalue weighted by Gasteiger charge is -2.51. The molecule has 0 saturated heterocycles. The molecule has 5 unspecified atom stereocenters. The summed E-state index contributed by atoms with van der Waals surface area (Å²) in [7, 11) is 1.91. The predicted molar refractivity (Wildman–Crippen MR) is 136 cm³/mol. The number of carbonyl (C=O) groups is 1. The molecule has 0 aromatic heterocycles. The molecule has 32 heavy (non-hydrogen) atoms. The summed E-state index contributed by atoms with van der Waals surface area (Å²) in [6.45, 7) is 6.08. The molecule has 1 aliphatic rings. The number of hydrogen-bond acceptors (Lipinski definition) is 3. The van der Waals surface area contributed by atoms with E-state index in [0.717, 1.165) is 23.8 Å². The van der Waals surface area contributed by atoms with E-state index in [0.29, 0.717) is 27.9 Å². The lowest BCUT2D eigenvalue weighted by molar-refractivity contribution is -0.125. The monoisotopic (exact) mass is 497 g/mol. The van der Waals surface area contributed by atoms with Crippen LogP contribution in [-0.4, -0.2) is 31.1 Å². The second-order valence-corrected chi connectivity index (χ2v) is 9.60. The summed E-state index contributed by atoms with van der Waals surface area (Å²) >= 11 is 19.0. The van der Waals surface area contributed by atoms with Gasteiger partial charge in [0.15, 0.2) is 0 Å². The van der Waals surface area contributed by atoms with E-state index in [1.807, 2.05) is 57.3 Å². The first-order valence-corrected chi connectivity index (χ1v) is 12.4. The minimum absolute atomic E-state index is 0.0221. The average molecular weight is 499 g/mol. The van der Waals surface area contributed by atoms with Crippen LogP contribution >= 0.6 is 34.8 Å². The first-order valence-electron chi connectivity index (χ1n) is 11.3. The fourth-order valence-electron chi connectivity index (χ4n) is 5.34. The third kappa shape index (κ3) is 5.69. The van der Waals surface area contributed by atoms with Crippen molar-refractivity contribution >= 4 is 41.1 Å². The van der Waals surface area contributed by atoms with Crippen molar-refractivity contribution in [1.82, 2.24) is 5.32 Å². The van der Waals surface area contributed by atoms with Crippen LogP contribution < -0.4 is 5.32 Å². The van der Waals surface area contributed by atoms with Crippen LogP contribution in [0, 0.1) is 11.3 Å². The second-order valence-electron chi connectivity index (χ2n) is 8.32. The molecule has 176 valence electrons. The number of aldehydes is 1. The number of carbonyl (C=O) groups excluding carboxylic acids is 1. The van der Waals surface area contributed by atoms with E-state index < -0.39 is 5.41 Å². The molecule has 6 heteroatoms. The van der Waals surface area contributed by atoms with E-state index in [4.69, 9.17) is 34.8 Å². The zero-order chi connectivity index (χ0) is 23.9. The van der Waals surface area contributed by atoms with Gasteiger partial charge in [-0.2, -0.15) is 0 Å². The van der Waals surface area contributed by atoms with Gasteiger partial charge in [0.1, 0.15) is 6.29 Å². The Labute approximate surface area is 207 Å². The first kappa shape index (κ1) is 27.1. The van der Waals surface area contributed by atoms with Gasteiger partial charge < -0.3 is 15.2 Å². The van der Waals surface area contributed by atoms with Crippen molar-refractivity contribution in [2.24, 2.45) is 11.3 Å². The molecule has 0 bridgehead atoms. The highest BCUT2D eigenvalue weighted by Crippen LogP contribution is 2.57. The van der Waals surface area contributed by atoms with Crippen LogP contribution in [0.4, 0.5) is 0 Å². The standard InChI is InChI=1S/C24H28Cl3NO2.C2H6/c1-15(28-2)23-22(16-3-5-17(25)6-4-16)20(9-10-24(23,14-30)11-12-29)19-8-7-18(26)13-21(19)27;1-2/h3-8,13-15,20,22-23,28-29H,9-12H2,1-2H3;1-2H3. The van der Waals surface area contributed by atoms with E-state index in [-0.39, 0.29) is 30.4 Å². The van der Waals surface area contributed by atoms with Gasteiger partial charge in [-0.15, -0.1) is 0 Å². The molecule has 0 spiro atoms. The quantitative estimate of drug-likeness (QED) is 0.399. The Morgan fingerprint density at radius 1 is 1.12 bits per heavy atom. The van der Waals surface area contributed by atoms with Crippen LogP contribution in [0.2, 0.25) is 15.1 Å². The Bertz CT molecular complexity index is 874. The lowest BCUT2D eigenvalue weighted by atomic mass is 9.53. The Balaban J connectivity index is 0.00000176. The fraction of sp³-hybridized carbons (Fsp3) is 0.500. The molecule has 0 aliphatic heterocycles. The van der Waals surface area contributed by atoms with Gasteiger partial charge in [-0.3, -0.25) is 0 Å². The van der Waals surface area contributed by atoms with Gasteiger partial charge >= 0.3 is 0 Å².